The van der Waals surface area contributed by atoms with Crippen LogP contribution >= 0.6 is 12.2 Å². The molecule has 0 spiro atoms. The van der Waals surface area contributed by atoms with E-state index in [0.717, 1.165) is 37.4 Å². The molecule has 1 amide bonds. The minimum Gasteiger partial charge on any atom is -0.494 e. The summed E-state index contributed by atoms with van der Waals surface area (Å²) in [5, 5.41) is 3.98. The number of piperazine rings is 1. The second kappa shape index (κ2) is 8.39. The van der Waals surface area contributed by atoms with Gasteiger partial charge in [-0.25, -0.2) is 14.3 Å². The Hall–Kier alpha value is -2.39. The van der Waals surface area contributed by atoms with Crippen molar-refractivity contribution in [1.29, 1.82) is 0 Å². The Morgan fingerprint density at radius 1 is 1.20 bits per heavy atom. The van der Waals surface area contributed by atoms with Crippen molar-refractivity contribution in [1.82, 2.24) is 24.3 Å². The van der Waals surface area contributed by atoms with Crippen molar-refractivity contribution >= 4 is 40.1 Å². The van der Waals surface area contributed by atoms with E-state index in [1.54, 1.807) is 30.7 Å². The van der Waals surface area contributed by atoms with Crippen LogP contribution in [-0.4, -0.2) is 89.8 Å². The number of likely N-dealkylation sites (N-methyl/N-ethyl adjacent to an activating group) is 1. The summed E-state index contributed by atoms with van der Waals surface area (Å²) in [6, 6.07) is 3.62. The molecule has 1 fully saturated rings. The van der Waals surface area contributed by atoms with Crippen LogP contribution in [0.15, 0.2) is 12.1 Å². The van der Waals surface area contributed by atoms with Gasteiger partial charge in [-0.3, -0.25) is 0 Å². The van der Waals surface area contributed by atoms with Gasteiger partial charge in [-0.15, -0.1) is 0 Å². The zero-order valence-corrected chi connectivity index (χ0v) is 19.8. The first-order valence-corrected chi connectivity index (χ1v) is 10.5. The van der Waals surface area contributed by atoms with Gasteiger partial charge in [0, 0.05) is 51.8 Å². The predicted molar refractivity (Wildman–Crippen MR) is 125 cm³/mol. The van der Waals surface area contributed by atoms with Crippen molar-refractivity contribution < 1.29 is 9.53 Å². The highest BCUT2D eigenvalue weighted by atomic mass is 32.1. The quantitative estimate of drug-likeness (QED) is 0.732. The van der Waals surface area contributed by atoms with E-state index < -0.39 is 0 Å². The fourth-order valence-electron chi connectivity index (χ4n) is 3.47. The number of carbonyl (C=O) groups is 1. The Morgan fingerprint density at radius 2 is 1.83 bits per heavy atom. The van der Waals surface area contributed by atoms with E-state index in [1.165, 1.54) is 0 Å². The molecule has 3 rings (SSSR count). The van der Waals surface area contributed by atoms with E-state index in [4.69, 9.17) is 21.9 Å². The number of hydrogen-bond donors (Lipinski definition) is 1. The zero-order chi connectivity index (χ0) is 22.2. The SMILES string of the molecule is COc1cc2nc(C(C)(C)C)n(C(=O)N(C)C)c2cc1NC(=S)N1CCN(C)CC1. The number of anilines is 1. The van der Waals surface area contributed by atoms with Gasteiger partial charge in [-0.05, 0) is 25.3 Å². The Balaban J connectivity index is 2.06. The fraction of sp³-hybridized carbons (Fsp3) is 0.571. The molecule has 8 nitrogen and oxygen atoms in total. The van der Waals surface area contributed by atoms with Gasteiger partial charge in [-0.1, -0.05) is 20.8 Å². The van der Waals surface area contributed by atoms with E-state index in [2.05, 4.69) is 22.2 Å². The number of nitrogens with one attached hydrogen (secondary N) is 1. The molecule has 1 saturated heterocycles. The van der Waals surface area contributed by atoms with Crippen molar-refractivity contribution in [3.8, 4) is 5.75 Å². The molecule has 0 radical (unpaired) electrons. The predicted octanol–water partition coefficient (Wildman–Crippen LogP) is 2.82. The Bertz CT molecular complexity index is 955. The lowest BCUT2D eigenvalue weighted by molar-refractivity contribution is 0.217. The smallest absolute Gasteiger partial charge is 0.329 e. The van der Waals surface area contributed by atoms with Gasteiger partial charge in [-0.2, -0.15) is 0 Å². The molecular weight excluding hydrogens is 400 g/mol. The average molecular weight is 433 g/mol. The number of rotatable bonds is 2. The highest BCUT2D eigenvalue weighted by molar-refractivity contribution is 7.80. The van der Waals surface area contributed by atoms with Crippen molar-refractivity contribution in [3.05, 3.63) is 18.0 Å². The van der Waals surface area contributed by atoms with Crippen LogP contribution in [0.25, 0.3) is 11.0 Å². The van der Waals surface area contributed by atoms with E-state index in [9.17, 15) is 4.79 Å². The lowest BCUT2D eigenvalue weighted by atomic mass is 9.96. The van der Waals surface area contributed by atoms with Crippen LogP contribution in [-0.2, 0) is 5.41 Å². The van der Waals surface area contributed by atoms with E-state index in [1.807, 2.05) is 32.9 Å². The first-order valence-electron chi connectivity index (χ1n) is 10.1. The maximum atomic E-state index is 13.0. The average Bonchev–Trinajstić information content (AvgIpc) is 3.05. The van der Waals surface area contributed by atoms with E-state index in [0.29, 0.717) is 22.2 Å². The van der Waals surface area contributed by atoms with Crippen molar-refractivity contribution in [3.63, 3.8) is 0 Å². The van der Waals surface area contributed by atoms with Crippen LogP contribution in [0.4, 0.5) is 10.5 Å². The molecule has 0 bridgehead atoms. The lowest BCUT2D eigenvalue weighted by Crippen LogP contribution is -2.48. The highest BCUT2D eigenvalue weighted by Crippen LogP contribution is 2.34. The third-order valence-electron chi connectivity index (χ3n) is 5.25. The molecule has 30 heavy (non-hydrogen) atoms. The maximum absolute atomic E-state index is 13.0. The standard InChI is InChI=1S/C21H32N6O2S/c1-21(2,3)18-22-14-13-17(29-7)15(12-16(14)27(18)20(28)24(4)5)23-19(30)26-10-8-25(6)9-11-26/h12-13H,8-11H2,1-7H3,(H,23,30). The molecule has 1 aliphatic heterocycles. The summed E-state index contributed by atoms with van der Waals surface area (Å²) in [5.74, 6) is 1.35. The number of methoxy groups -OCH3 is 1. The first-order chi connectivity index (χ1) is 14.0. The molecule has 1 aliphatic rings. The minimum atomic E-state index is -0.305. The highest BCUT2D eigenvalue weighted by Gasteiger charge is 2.28. The molecular formula is C21H32N6O2S. The normalized spacial score (nSPS) is 15.4. The molecule has 9 heteroatoms. The molecule has 164 valence electrons. The number of amides is 1. The van der Waals surface area contributed by atoms with Gasteiger partial charge in [0.1, 0.15) is 11.6 Å². The fourth-order valence-corrected chi connectivity index (χ4v) is 3.76. The van der Waals surface area contributed by atoms with Gasteiger partial charge in [0.05, 0.1) is 23.8 Å². The molecule has 0 unspecified atom stereocenters. The van der Waals surface area contributed by atoms with Crippen LogP contribution in [0.5, 0.6) is 5.75 Å². The number of hydrogen-bond acceptors (Lipinski definition) is 5. The molecule has 1 aromatic heterocycles. The number of benzene rings is 1. The van der Waals surface area contributed by atoms with Crippen molar-refractivity contribution in [2.75, 3.05) is 59.7 Å². The number of nitrogens with zero attached hydrogens (tertiary/aromatic N) is 5. The zero-order valence-electron chi connectivity index (χ0n) is 18.9. The number of fused-ring (bicyclic) bond motifs is 1. The summed E-state index contributed by atoms with van der Waals surface area (Å²) < 4.78 is 7.29. The van der Waals surface area contributed by atoms with E-state index >= 15 is 0 Å². The number of imidazole rings is 1. The van der Waals surface area contributed by atoms with Gasteiger partial charge in [0.2, 0.25) is 0 Å². The summed E-state index contributed by atoms with van der Waals surface area (Å²) in [5.41, 5.74) is 1.86. The maximum Gasteiger partial charge on any atom is 0.329 e. The minimum absolute atomic E-state index is 0.139. The molecule has 0 saturated carbocycles. The van der Waals surface area contributed by atoms with Gasteiger partial charge in [0.15, 0.2) is 5.11 Å². The molecule has 2 aromatic rings. The Morgan fingerprint density at radius 3 is 2.37 bits per heavy atom. The van der Waals surface area contributed by atoms with Crippen molar-refractivity contribution in [2.45, 2.75) is 26.2 Å². The second-order valence-electron chi connectivity index (χ2n) is 8.96. The van der Waals surface area contributed by atoms with Gasteiger partial charge in [0.25, 0.3) is 0 Å². The number of ether oxygens (including phenoxy) is 1. The number of thiocarbonyl (C=S) groups is 1. The van der Waals surface area contributed by atoms with Crippen LogP contribution in [0, 0.1) is 0 Å². The Kier molecular flexibility index (Phi) is 6.24. The molecule has 0 aliphatic carbocycles. The monoisotopic (exact) mass is 432 g/mol. The van der Waals surface area contributed by atoms with E-state index in [-0.39, 0.29) is 11.4 Å². The van der Waals surface area contributed by atoms with Crippen LogP contribution in [0.1, 0.15) is 26.6 Å². The van der Waals surface area contributed by atoms with Crippen LogP contribution in [0.2, 0.25) is 0 Å². The molecule has 0 atom stereocenters. The number of carbonyl (C=O) groups excluding carboxylic acids is 1. The molecule has 1 N–H and O–H groups in total. The van der Waals surface area contributed by atoms with Gasteiger partial charge >= 0.3 is 6.03 Å². The van der Waals surface area contributed by atoms with Crippen molar-refractivity contribution in [2.24, 2.45) is 0 Å². The Labute approximate surface area is 183 Å². The summed E-state index contributed by atoms with van der Waals surface area (Å²) in [6.45, 7) is 9.83. The molecule has 2 heterocycles. The van der Waals surface area contributed by atoms with Gasteiger partial charge < -0.3 is 24.8 Å². The largest absolute Gasteiger partial charge is 0.494 e. The third-order valence-corrected chi connectivity index (χ3v) is 5.61. The first kappa shape index (κ1) is 22.3. The van der Waals surface area contributed by atoms with Crippen LogP contribution < -0.4 is 10.1 Å². The summed E-state index contributed by atoms with van der Waals surface area (Å²) in [7, 11) is 7.22. The third kappa shape index (κ3) is 4.37. The lowest BCUT2D eigenvalue weighted by Gasteiger charge is -2.34. The summed E-state index contributed by atoms with van der Waals surface area (Å²) in [6.07, 6.45) is 0. The topological polar surface area (TPSA) is 65.9 Å². The number of aromatic nitrogens is 2. The molecule has 1 aromatic carbocycles. The summed E-state index contributed by atoms with van der Waals surface area (Å²) >= 11 is 5.66. The van der Waals surface area contributed by atoms with Crippen LogP contribution in [0.3, 0.4) is 0 Å². The summed E-state index contributed by atoms with van der Waals surface area (Å²) in [4.78, 5) is 23.8. The second-order valence-corrected chi connectivity index (χ2v) is 9.35.